The van der Waals surface area contributed by atoms with Crippen molar-refractivity contribution in [3.8, 4) is 0 Å². The second-order valence-corrected chi connectivity index (χ2v) is 7.46. The Balaban J connectivity index is 1.75. The molecule has 0 bridgehead atoms. The van der Waals surface area contributed by atoms with Crippen LogP contribution in [0.15, 0.2) is 59.5 Å². The molecule has 0 aliphatic heterocycles. The summed E-state index contributed by atoms with van der Waals surface area (Å²) >= 11 is 0. The van der Waals surface area contributed by atoms with Crippen LogP contribution in [0.3, 0.4) is 0 Å². The maximum atomic E-state index is 12.9. The minimum Gasteiger partial charge on any atom is -0.339 e. The first kappa shape index (κ1) is 17.8. The van der Waals surface area contributed by atoms with Crippen LogP contribution in [0, 0.1) is 19.7 Å². The van der Waals surface area contributed by atoms with Crippen molar-refractivity contribution in [2.45, 2.75) is 18.7 Å². The minimum absolute atomic E-state index is 0.106. The molecule has 8 heteroatoms. The molecule has 0 aliphatic rings. The van der Waals surface area contributed by atoms with Crippen LogP contribution in [0.25, 0.3) is 0 Å². The van der Waals surface area contributed by atoms with Crippen LogP contribution in [-0.4, -0.2) is 18.6 Å². The van der Waals surface area contributed by atoms with Gasteiger partial charge < -0.3 is 5.32 Å². The van der Waals surface area contributed by atoms with Crippen molar-refractivity contribution < 1.29 is 12.8 Å². The molecule has 2 N–H and O–H groups in total. The van der Waals surface area contributed by atoms with E-state index < -0.39 is 10.0 Å². The number of hydrogen-bond acceptors (Lipinski definition) is 5. The third-order valence-electron chi connectivity index (χ3n) is 3.64. The molecule has 0 fully saturated rings. The molecule has 3 rings (SSSR count). The SMILES string of the molecule is Cc1ccc(S(=O)(=O)Nc2ccc(Nc3ccc(F)cc3)nn2)c(C)c1. The van der Waals surface area contributed by atoms with E-state index >= 15 is 0 Å². The van der Waals surface area contributed by atoms with Crippen molar-refractivity contribution in [2.75, 3.05) is 10.0 Å². The van der Waals surface area contributed by atoms with Gasteiger partial charge in [-0.3, -0.25) is 4.72 Å². The molecular formula is C18H17FN4O2S. The molecule has 0 atom stereocenters. The van der Waals surface area contributed by atoms with E-state index in [1.807, 2.05) is 6.92 Å². The summed E-state index contributed by atoms with van der Waals surface area (Å²) in [5.74, 6) is 0.179. The number of anilines is 3. The molecule has 1 heterocycles. The van der Waals surface area contributed by atoms with E-state index in [1.54, 1.807) is 43.3 Å². The zero-order valence-corrected chi connectivity index (χ0v) is 15.0. The first-order valence-corrected chi connectivity index (χ1v) is 9.28. The van der Waals surface area contributed by atoms with Gasteiger partial charge in [-0.05, 0) is 61.9 Å². The molecule has 2 aromatic carbocycles. The third-order valence-corrected chi connectivity index (χ3v) is 5.16. The van der Waals surface area contributed by atoms with Crippen molar-refractivity contribution in [2.24, 2.45) is 0 Å². The molecule has 1 aromatic heterocycles. The Labute approximate surface area is 151 Å². The van der Waals surface area contributed by atoms with Crippen molar-refractivity contribution >= 4 is 27.3 Å². The van der Waals surface area contributed by atoms with Crippen LogP contribution in [0.1, 0.15) is 11.1 Å². The van der Waals surface area contributed by atoms with Crippen LogP contribution >= 0.6 is 0 Å². The summed E-state index contributed by atoms with van der Waals surface area (Å²) in [5, 5.41) is 10.8. The summed E-state index contributed by atoms with van der Waals surface area (Å²) in [6.45, 7) is 3.64. The van der Waals surface area contributed by atoms with Gasteiger partial charge in [0.25, 0.3) is 10.0 Å². The maximum Gasteiger partial charge on any atom is 0.263 e. The zero-order chi connectivity index (χ0) is 18.7. The molecule has 3 aromatic rings. The number of benzene rings is 2. The number of nitrogens with one attached hydrogen (secondary N) is 2. The highest BCUT2D eigenvalue weighted by atomic mass is 32.2. The Morgan fingerprint density at radius 1 is 0.885 bits per heavy atom. The number of halogens is 1. The standard InChI is InChI=1S/C18H17FN4O2S/c1-12-3-8-16(13(2)11-12)26(24,25)23-18-10-9-17(21-22-18)20-15-6-4-14(19)5-7-15/h3-11H,1-2H3,(H,20,21)(H,22,23). The van der Waals surface area contributed by atoms with Gasteiger partial charge in [-0.15, -0.1) is 10.2 Å². The Bertz CT molecular complexity index is 1020. The van der Waals surface area contributed by atoms with Crippen LogP contribution < -0.4 is 10.0 Å². The highest BCUT2D eigenvalue weighted by Gasteiger charge is 2.17. The molecule has 0 unspecified atom stereocenters. The molecule has 0 aliphatic carbocycles. The predicted molar refractivity (Wildman–Crippen MR) is 98.4 cm³/mol. The molecule has 0 amide bonds. The normalized spacial score (nSPS) is 11.2. The molecule has 134 valence electrons. The van der Waals surface area contributed by atoms with E-state index in [2.05, 4.69) is 20.2 Å². The first-order chi connectivity index (χ1) is 12.3. The molecule has 0 spiro atoms. The Morgan fingerprint density at radius 2 is 1.54 bits per heavy atom. The lowest BCUT2D eigenvalue weighted by Gasteiger charge is -2.10. The second kappa shape index (κ2) is 7.09. The van der Waals surface area contributed by atoms with Gasteiger partial charge in [0.15, 0.2) is 11.6 Å². The van der Waals surface area contributed by atoms with Gasteiger partial charge in [-0.1, -0.05) is 17.7 Å². The van der Waals surface area contributed by atoms with Gasteiger partial charge in [0.2, 0.25) is 0 Å². The van der Waals surface area contributed by atoms with Gasteiger partial charge in [0.05, 0.1) is 4.90 Å². The lowest BCUT2D eigenvalue weighted by atomic mass is 10.2. The smallest absolute Gasteiger partial charge is 0.263 e. The fraction of sp³-hybridized carbons (Fsp3) is 0.111. The fourth-order valence-corrected chi connectivity index (χ4v) is 3.65. The van der Waals surface area contributed by atoms with E-state index in [-0.39, 0.29) is 16.5 Å². The topological polar surface area (TPSA) is 84.0 Å². The van der Waals surface area contributed by atoms with E-state index in [9.17, 15) is 12.8 Å². The van der Waals surface area contributed by atoms with Crippen LogP contribution in [0.2, 0.25) is 0 Å². The summed E-state index contributed by atoms with van der Waals surface area (Å²) in [4.78, 5) is 0.193. The quantitative estimate of drug-likeness (QED) is 0.712. The van der Waals surface area contributed by atoms with Crippen molar-refractivity contribution in [1.29, 1.82) is 0 Å². The van der Waals surface area contributed by atoms with Gasteiger partial charge in [0, 0.05) is 5.69 Å². The largest absolute Gasteiger partial charge is 0.339 e. The molecule has 0 saturated carbocycles. The molecule has 6 nitrogen and oxygen atoms in total. The van der Waals surface area contributed by atoms with Crippen LogP contribution in [0.4, 0.5) is 21.7 Å². The molecule has 0 radical (unpaired) electrons. The number of hydrogen-bond donors (Lipinski definition) is 2. The maximum absolute atomic E-state index is 12.9. The highest BCUT2D eigenvalue weighted by Crippen LogP contribution is 2.20. The number of aromatic nitrogens is 2. The average molecular weight is 372 g/mol. The van der Waals surface area contributed by atoms with Crippen molar-refractivity contribution in [1.82, 2.24) is 10.2 Å². The van der Waals surface area contributed by atoms with Gasteiger partial charge in [0.1, 0.15) is 5.82 Å². The van der Waals surface area contributed by atoms with Gasteiger partial charge in [-0.25, -0.2) is 12.8 Å². The summed E-state index contributed by atoms with van der Waals surface area (Å²) in [6.07, 6.45) is 0. The lowest BCUT2D eigenvalue weighted by Crippen LogP contribution is -2.15. The Hall–Kier alpha value is -3.00. The predicted octanol–water partition coefficient (Wildman–Crippen LogP) is 3.78. The highest BCUT2D eigenvalue weighted by molar-refractivity contribution is 7.92. The van der Waals surface area contributed by atoms with E-state index in [0.29, 0.717) is 17.1 Å². The number of rotatable bonds is 5. The minimum atomic E-state index is -3.75. The monoisotopic (exact) mass is 372 g/mol. The molecule has 26 heavy (non-hydrogen) atoms. The summed E-state index contributed by atoms with van der Waals surface area (Å²) in [5.41, 5.74) is 2.28. The summed E-state index contributed by atoms with van der Waals surface area (Å²) < 4.78 is 40.3. The second-order valence-electron chi connectivity index (χ2n) is 5.81. The third kappa shape index (κ3) is 4.15. The fourth-order valence-electron chi connectivity index (χ4n) is 2.43. The van der Waals surface area contributed by atoms with E-state index in [1.165, 1.54) is 18.2 Å². The zero-order valence-electron chi connectivity index (χ0n) is 14.2. The van der Waals surface area contributed by atoms with Crippen LogP contribution in [-0.2, 0) is 10.0 Å². The summed E-state index contributed by atoms with van der Waals surface area (Å²) in [7, 11) is -3.75. The number of sulfonamides is 1. The summed E-state index contributed by atoms with van der Waals surface area (Å²) in [6, 6.07) is 14.0. The van der Waals surface area contributed by atoms with Gasteiger partial charge >= 0.3 is 0 Å². The molecular weight excluding hydrogens is 355 g/mol. The Morgan fingerprint density at radius 3 is 2.15 bits per heavy atom. The lowest BCUT2D eigenvalue weighted by molar-refractivity contribution is 0.600. The van der Waals surface area contributed by atoms with Gasteiger partial charge in [-0.2, -0.15) is 0 Å². The first-order valence-electron chi connectivity index (χ1n) is 7.80. The Kier molecular flexibility index (Phi) is 4.85. The van der Waals surface area contributed by atoms with Crippen LogP contribution in [0.5, 0.6) is 0 Å². The number of aryl methyl sites for hydroxylation is 2. The van der Waals surface area contributed by atoms with E-state index in [4.69, 9.17) is 0 Å². The number of nitrogens with zero attached hydrogens (tertiary/aromatic N) is 2. The van der Waals surface area contributed by atoms with E-state index in [0.717, 1.165) is 5.56 Å². The molecule has 0 saturated heterocycles. The van der Waals surface area contributed by atoms with Crippen molar-refractivity contribution in [3.63, 3.8) is 0 Å². The average Bonchev–Trinajstić information content (AvgIpc) is 2.58. The van der Waals surface area contributed by atoms with Crippen molar-refractivity contribution in [3.05, 3.63) is 71.5 Å².